The Morgan fingerprint density at radius 2 is 1.48 bits per heavy atom. The van der Waals surface area contributed by atoms with Crippen LogP contribution in [-0.2, 0) is 0 Å². The zero-order valence-corrected chi connectivity index (χ0v) is 15.5. The fourth-order valence-electron chi connectivity index (χ4n) is 3.60. The van der Waals surface area contributed by atoms with Gasteiger partial charge in [0.2, 0.25) is 0 Å². The highest BCUT2D eigenvalue weighted by atomic mass is 15.1. The number of aromatic amines is 1. The third-order valence-corrected chi connectivity index (χ3v) is 5.05. The Morgan fingerprint density at radius 1 is 0.852 bits per heavy atom. The molecule has 0 bridgehead atoms. The molecule has 4 aromatic rings. The number of H-pyrrole nitrogens is 1. The van der Waals surface area contributed by atoms with Gasteiger partial charge < -0.3 is 9.88 Å². The molecule has 3 nitrogen and oxygen atoms in total. The first kappa shape index (κ1) is 16.9. The summed E-state index contributed by atoms with van der Waals surface area (Å²) in [6.45, 7) is 0. The van der Waals surface area contributed by atoms with Crippen molar-refractivity contribution in [1.29, 1.82) is 5.26 Å². The van der Waals surface area contributed by atoms with Gasteiger partial charge in [-0.3, -0.25) is 0 Å². The molecule has 0 amide bonds. The normalized spacial score (nSPS) is 11.9. The predicted octanol–water partition coefficient (Wildman–Crippen LogP) is 5.29. The minimum absolute atomic E-state index is 0.102. The number of aromatic nitrogens is 1. The molecule has 3 aromatic carbocycles. The summed E-state index contributed by atoms with van der Waals surface area (Å²) < 4.78 is 0. The predicted molar refractivity (Wildman–Crippen MR) is 111 cm³/mol. The van der Waals surface area contributed by atoms with E-state index in [1.54, 1.807) is 0 Å². The molecule has 0 aliphatic rings. The summed E-state index contributed by atoms with van der Waals surface area (Å²) in [5, 5.41) is 10.4. The van der Waals surface area contributed by atoms with Crippen LogP contribution in [0.15, 0.2) is 79.0 Å². The fourth-order valence-corrected chi connectivity index (χ4v) is 3.60. The van der Waals surface area contributed by atoms with E-state index in [2.05, 4.69) is 76.7 Å². The van der Waals surface area contributed by atoms with Gasteiger partial charge >= 0.3 is 0 Å². The molecule has 0 aliphatic heterocycles. The first-order chi connectivity index (χ1) is 13.2. The number of nitriles is 1. The van der Waals surface area contributed by atoms with Crippen LogP contribution in [0.4, 0.5) is 5.69 Å². The van der Waals surface area contributed by atoms with Crippen molar-refractivity contribution in [3.8, 4) is 6.07 Å². The van der Waals surface area contributed by atoms with Crippen molar-refractivity contribution >= 4 is 16.6 Å². The maximum atomic E-state index is 9.13. The molecule has 27 heavy (non-hydrogen) atoms. The quantitative estimate of drug-likeness (QED) is 0.543. The van der Waals surface area contributed by atoms with Crippen LogP contribution in [-0.4, -0.2) is 19.1 Å². The maximum Gasteiger partial charge on any atom is 0.0991 e. The van der Waals surface area contributed by atoms with E-state index in [9.17, 15) is 0 Å². The van der Waals surface area contributed by atoms with E-state index >= 15 is 0 Å². The van der Waals surface area contributed by atoms with Crippen LogP contribution in [0.5, 0.6) is 0 Å². The summed E-state index contributed by atoms with van der Waals surface area (Å²) in [5.41, 5.74) is 6.64. The molecule has 0 saturated heterocycles. The highest BCUT2D eigenvalue weighted by Crippen LogP contribution is 2.36. The zero-order valence-electron chi connectivity index (χ0n) is 15.5. The standard InChI is InChI=1S/C24H21N3/c1-27(2)20-13-11-19(12-14-20)24(18-9-7-17(15-25)8-10-18)22-16-26-23-6-4-3-5-21(22)23/h3-14,16,24,26H,1-2H3. The van der Waals surface area contributed by atoms with Gasteiger partial charge in [0.1, 0.15) is 0 Å². The average Bonchev–Trinajstić information content (AvgIpc) is 3.13. The second-order valence-electron chi connectivity index (χ2n) is 6.94. The minimum atomic E-state index is 0.102. The summed E-state index contributed by atoms with van der Waals surface area (Å²) in [6, 6.07) is 27.2. The minimum Gasteiger partial charge on any atom is -0.378 e. The largest absolute Gasteiger partial charge is 0.378 e. The zero-order chi connectivity index (χ0) is 18.8. The van der Waals surface area contributed by atoms with Crippen molar-refractivity contribution in [3.05, 3.63) is 101 Å². The number of rotatable bonds is 4. The molecule has 1 unspecified atom stereocenters. The molecule has 1 N–H and O–H groups in total. The number of benzene rings is 3. The third kappa shape index (κ3) is 3.18. The molecule has 0 spiro atoms. The fraction of sp³-hybridized carbons (Fsp3) is 0.125. The van der Waals surface area contributed by atoms with Crippen molar-refractivity contribution in [2.75, 3.05) is 19.0 Å². The van der Waals surface area contributed by atoms with Crippen LogP contribution in [0.3, 0.4) is 0 Å². The monoisotopic (exact) mass is 351 g/mol. The Bertz CT molecular complexity index is 1100. The van der Waals surface area contributed by atoms with E-state index in [4.69, 9.17) is 5.26 Å². The lowest BCUT2D eigenvalue weighted by Crippen LogP contribution is -2.09. The van der Waals surface area contributed by atoms with Gasteiger partial charge in [-0.1, -0.05) is 42.5 Å². The second-order valence-corrected chi connectivity index (χ2v) is 6.94. The molecule has 0 radical (unpaired) electrons. The third-order valence-electron chi connectivity index (χ3n) is 5.05. The topological polar surface area (TPSA) is 42.8 Å². The van der Waals surface area contributed by atoms with E-state index in [0.717, 1.165) is 5.52 Å². The average molecular weight is 351 g/mol. The molecule has 1 heterocycles. The van der Waals surface area contributed by atoms with E-state index in [-0.39, 0.29) is 5.92 Å². The van der Waals surface area contributed by atoms with Crippen LogP contribution >= 0.6 is 0 Å². The first-order valence-electron chi connectivity index (χ1n) is 9.01. The van der Waals surface area contributed by atoms with E-state index in [1.165, 1.54) is 27.8 Å². The summed E-state index contributed by atoms with van der Waals surface area (Å²) in [7, 11) is 4.10. The highest BCUT2D eigenvalue weighted by Gasteiger charge is 2.20. The van der Waals surface area contributed by atoms with Crippen molar-refractivity contribution in [2.24, 2.45) is 0 Å². The van der Waals surface area contributed by atoms with Crippen molar-refractivity contribution in [2.45, 2.75) is 5.92 Å². The second kappa shape index (κ2) is 7.01. The molecule has 0 fully saturated rings. The summed E-state index contributed by atoms with van der Waals surface area (Å²) in [6.07, 6.45) is 2.10. The number of fused-ring (bicyclic) bond motifs is 1. The van der Waals surface area contributed by atoms with Crippen LogP contribution < -0.4 is 4.90 Å². The Morgan fingerprint density at radius 3 is 2.11 bits per heavy atom. The Labute approximate surface area is 159 Å². The molecular formula is C24H21N3. The summed E-state index contributed by atoms with van der Waals surface area (Å²) in [4.78, 5) is 5.50. The van der Waals surface area contributed by atoms with Crippen LogP contribution in [0.1, 0.15) is 28.2 Å². The Hall–Kier alpha value is -3.51. The van der Waals surface area contributed by atoms with Crippen molar-refractivity contribution < 1.29 is 0 Å². The van der Waals surface area contributed by atoms with E-state index < -0.39 is 0 Å². The number of hydrogen-bond acceptors (Lipinski definition) is 2. The number of para-hydroxylation sites is 1. The number of nitrogens with one attached hydrogen (secondary N) is 1. The van der Waals surface area contributed by atoms with Crippen LogP contribution in [0.2, 0.25) is 0 Å². The molecule has 0 aliphatic carbocycles. The molecule has 3 heteroatoms. The number of hydrogen-bond donors (Lipinski definition) is 1. The first-order valence-corrected chi connectivity index (χ1v) is 9.01. The Balaban J connectivity index is 1.88. The van der Waals surface area contributed by atoms with E-state index in [1.807, 2.05) is 32.3 Å². The van der Waals surface area contributed by atoms with Gasteiger partial charge in [0.25, 0.3) is 0 Å². The van der Waals surface area contributed by atoms with Gasteiger partial charge in [-0.2, -0.15) is 5.26 Å². The van der Waals surface area contributed by atoms with Gasteiger partial charge in [0, 0.05) is 42.8 Å². The lowest BCUT2D eigenvalue weighted by atomic mass is 9.84. The number of anilines is 1. The van der Waals surface area contributed by atoms with Crippen molar-refractivity contribution in [1.82, 2.24) is 4.98 Å². The number of nitrogens with zero attached hydrogens (tertiary/aromatic N) is 2. The van der Waals surface area contributed by atoms with Crippen LogP contribution in [0.25, 0.3) is 10.9 Å². The van der Waals surface area contributed by atoms with Crippen molar-refractivity contribution in [3.63, 3.8) is 0 Å². The lowest BCUT2D eigenvalue weighted by Gasteiger charge is -2.20. The molecule has 1 aromatic heterocycles. The van der Waals surface area contributed by atoms with E-state index in [0.29, 0.717) is 5.56 Å². The summed E-state index contributed by atoms with van der Waals surface area (Å²) in [5.74, 6) is 0.102. The van der Waals surface area contributed by atoms with Gasteiger partial charge in [0.15, 0.2) is 0 Å². The molecule has 0 saturated carbocycles. The Kier molecular flexibility index (Phi) is 4.40. The molecule has 132 valence electrons. The van der Waals surface area contributed by atoms with Gasteiger partial charge in [-0.25, -0.2) is 0 Å². The lowest BCUT2D eigenvalue weighted by molar-refractivity contribution is 0.984. The maximum absolute atomic E-state index is 9.13. The van der Waals surface area contributed by atoms with Gasteiger partial charge in [0.05, 0.1) is 11.6 Å². The molecule has 4 rings (SSSR count). The van der Waals surface area contributed by atoms with Gasteiger partial charge in [-0.15, -0.1) is 0 Å². The molecular weight excluding hydrogens is 330 g/mol. The SMILES string of the molecule is CN(C)c1ccc(C(c2ccc(C#N)cc2)c2c[nH]c3ccccc23)cc1. The summed E-state index contributed by atoms with van der Waals surface area (Å²) >= 11 is 0. The smallest absolute Gasteiger partial charge is 0.0991 e. The van der Waals surface area contributed by atoms with Gasteiger partial charge in [-0.05, 0) is 47.0 Å². The molecule has 1 atom stereocenters. The highest BCUT2D eigenvalue weighted by molar-refractivity contribution is 5.84. The van der Waals surface area contributed by atoms with Crippen LogP contribution in [0, 0.1) is 11.3 Å².